The largest absolute Gasteiger partial charge is 0.481 e. The summed E-state index contributed by atoms with van der Waals surface area (Å²) in [5.74, 6) is -1.75. The minimum atomic E-state index is -0.988. The minimum absolute atomic E-state index is 0.149. The maximum absolute atomic E-state index is 13.4. The second-order valence-corrected chi connectivity index (χ2v) is 10.2. The van der Waals surface area contributed by atoms with Crippen molar-refractivity contribution in [3.05, 3.63) is 80.7 Å². The molecule has 3 aromatic rings. The maximum atomic E-state index is 13.4. The molecule has 35 heavy (non-hydrogen) atoms. The number of hydrogen-bond donors (Lipinski definition) is 2. The highest BCUT2D eigenvalue weighted by atomic mass is 32.1. The van der Waals surface area contributed by atoms with Gasteiger partial charge in [0.15, 0.2) is 0 Å². The molecular formula is C26H30N2O5S2. The van der Waals surface area contributed by atoms with Gasteiger partial charge in [0.05, 0.1) is 19.5 Å². The van der Waals surface area contributed by atoms with Gasteiger partial charge in [-0.25, -0.2) is 4.79 Å². The van der Waals surface area contributed by atoms with Crippen LogP contribution in [0.4, 0.5) is 4.79 Å². The third-order valence-corrected chi connectivity index (χ3v) is 7.12. The number of carbonyl (C=O) groups excluding carboxylic acids is 2. The van der Waals surface area contributed by atoms with Crippen LogP contribution in [-0.4, -0.2) is 34.5 Å². The molecule has 9 heteroatoms. The number of carboxylic acids is 1. The summed E-state index contributed by atoms with van der Waals surface area (Å²) in [7, 11) is 0. The molecule has 2 N–H and O–H groups in total. The lowest BCUT2D eigenvalue weighted by atomic mass is 9.96. The number of ether oxygens (including phenoxy) is 1. The van der Waals surface area contributed by atoms with E-state index in [2.05, 4.69) is 5.32 Å². The molecule has 2 amide bonds. The summed E-state index contributed by atoms with van der Waals surface area (Å²) < 4.78 is 5.19. The van der Waals surface area contributed by atoms with Crippen molar-refractivity contribution in [1.29, 1.82) is 0 Å². The number of thiophene rings is 2. The van der Waals surface area contributed by atoms with Crippen molar-refractivity contribution in [2.45, 2.75) is 45.4 Å². The summed E-state index contributed by atoms with van der Waals surface area (Å²) in [6, 6.07) is 17.3. The van der Waals surface area contributed by atoms with Crippen LogP contribution < -0.4 is 5.32 Å². The predicted molar refractivity (Wildman–Crippen MR) is 137 cm³/mol. The minimum Gasteiger partial charge on any atom is -0.481 e. The molecule has 0 saturated heterocycles. The van der Waals surface area contributed by atoms with Gasteiger partial charge in [0.1, 0.15) is 6.61 Å². The molecule has 7 nitrogen and oxygen atoms in total. The Bertz CT molecular complexity index is 1000. The van der Waals surface area contributed by atoms with E-state index in [1.807, 2.05) is 65.4 Å². The number of carbonyl (C=O) groups is 3. The van der Waals surface area contributed by atoms with Gasteiger partial charge < -0.3 is 20.1 Å². The molecule has 0 saturated carbocycles. The Labute approximate surface area is 213 Å². The maximum Gasteiger partial charge on any atom is 0.407 e. The van der Waals surface area contributed by atoms with E-state index in [9.17, 15) is 19.5 Å². The molecule has 0 aliphatic rings. The van der Waals surface area contributed by atoms with E-state index in [1.54, 1.807) is 27.6 Å². The van der Waals surface area contributed by atoms with Crippen molar-refractivity contribution in [3.63, 3.8) is 0 Å². The Hall–Kier alpha value is -3.17. The lowest BCUT2D eigenvalue weighted by Gasteiger charge is -2.26. The lowest BCUT2D eigenvalue weighted by molar-refractivity contribution is -0.145. The molecule has 0 fully saturated rings. The molecule has 0 aliphatic carbocycles. The average molecular weight is 515 g/mol. The highest BCUT2D eigenvalue weighted by Gasteiger charge is 2.27. The van der Waals surface area contributed by atoms with Crippen molar-refractivity contribution in [2.75, 3.05) is 6.54 Å². The van der Waals surface area contributed by atoms with Gasteiger partial charge >= 0.3 is 12.1 Å². The number of rotatable bonds is 14. The van der Waals surface area contributed by atoms with E-state index in [1.165, 1.54) is 0 Å². The predicted octanol–water partition coefficient (Wildman–Crippen LogP) is 5.53. The number of benzene rings is 1. The summed E-state index contributed by atoms with van der Waals surface area (Å²) in [4.78, 5) is 40.7. The summed E-state index contributed by atoms with van der Waals surface area (Å²) in [6.07, 6.45) is 0.979. The lowest BCUT2D eigenvalue weighted by Crippen LogP contribution is -2.36. The Morgan fingerprint density at radius 2 is 1.57 bits per heavy atom. The molecule has 2 heterocycles. The van der Waals surface area contributed by atoms with Crippen molar-refractivity contribution >= 4 is 40.6 Å². The quantitative estimate of drug-likeness (QED) is 0.276. The number of hydrogen-bond acceptors (Lipinski definition) is 6. The summed E-state index contributed by atoms with van der Waals surface area (Å²) in [5.41, 5.74) is 0.910. The van der Waals surface area contributed by atoms with Gasteiger partial charge in [-0.2, -0.15) is 0 Å². The van der Waals surface area contributed by atoms with E-state index >= 15 is 0 Å². The van der Waals surface area contributed by atoms with Gasteiger partial charge in [-0.05, 0) is 41.3 Å². The molecule has 0 spiro atoms. The molecule has 3 rings (SSSR count). The second-order valence-electron chi connectivity index (χ2n) is 8.13. The van der Waals surface area contributed by atoms with E-state index < -0.39 is 18.0 Å². The third-order valence-electron chi connectivity index (χ3n) is 5.40. The van der Waals surface area contributed by atoms with Crippen LogP contribution in [-0.2, 0) is 34.0 Å². The molecule has 186 valence electrons. The van der Waals surface area contributed by atoms with Gasteiger partial charge in [0.2, 0.25) is 5.91 Å². The zero-order chi connectivity index (χ0) is 24.9. The van der Waals surface area contributed by atoms with E-state index in [0.29, 0.717) is 38.9 Å². The van der Waals surface area contributed by atoms with Crippen molar-refractivity contribution in [2.24, 2.45) is 5.92 Å². The molecule has 2 aromatic heterocycles. The second kappa shape index (κ2) is 14.3. The molecule has 0 bridgehead atoms. The molecular weight excluding hydrogens is 484 g/mol. The van der Waals surface area contributed by atoms with Crippen molar-refractivity contribution in [1.82, 2.24) is 10.2 Å². The Morgan fingerprint density at radius 3 is 2.14 bits per heavy atom. The van der Waals surface area contributed by atoms with Gasteiger partial charge in [0, 0.05) is 22.2 Å². The van der Waals surface area contributed by atoms with Gasteiger partial charge in [-0.15, -0.1) is 22.7 Å². The molecule has 0 radical (unpaired) electrons. The number of alkyl carbamates (subject to hydrolysis) is 1. The SMILES string of the molecule is O=C(O)C[C@H](CCCCNC(=O)OCc1ccccc1)C(=O)N(Cc1cccs1)Cc1cccs1. The van der Waals surface area contributed by atoms with Crippen LogP contribution in [0.2, 0.25) is 0 Å². The average Bonchev–Trinajstić information content (AvgIpc) is 3.56. The molecule has 1 aromatic carbocycles. The number of aliphatic carboxylic acids is 1. The Balaban J connectivity index is 1.48. The third kappa shape index (κ3) is 9.54. The van der Waals surface area contributed by atoms with E-state index in [0.717, 1.165) is 15.3 Å². The summed E-state index contributed by atoms with van der Waals surface area (Å²) in [5, 5.41) is 16.1. The Morgan fingerprint density at radius 1 is 0.914 bits per heavy atom. The van der Waals surface area contributed by atoms with Crippen molar-refractivity contribution in [3.8, 4) is 0 Å². The van der Waals surface area contributed by atoms with Crippen LogP contribution in [0, 0.1) is 5.92 Å². The number of unbranched alkanes of at least 4 members (excludes halogenated alkanes) is 1. The standard InChI is InChI=1S/C26H30N2O5S2/c29-24(30)16-21(10-4-5-13-27-26(32)33-19-20-8-2-1-3-9-20)25(31)28(17-22-11-6-14-34-22)18-23-12-7-15-35-23/h1-3,6-9,11-12,14-15,21H,4-5,10,13,16-19H2,(H,27,32)(H,29,30)/t21-/m0/s1. The van der Waals surface area contributed by atoms with Crippen LogP contribution in [0.25, 0.3) is 0 Å². The molecule has 0 unspecified atom stereocenters. The van der Waals surface area contributed by atoms with Crippen LogP contribution in [0.3, 0.4) is 0 Å². The van der Waals surface area contributed by atoms with Crippen LogP contribution in [0.15, 0.2) is 65.4 Å². The fourth-order valence-electron chi connectivity index (χ4n) is 3.66. The Kier molecular flexibility index (Phi) is 10.8. The number of carboxylic acid groups (broad SMARTS) is 1. The zero-order valence-electron chi connectivity index (χ0n) is 19.4. The molecule has 0 aliphatic heterocycles. The first-order chi connectivity index (χ1) is 17.0. The zero-order valence-corrected chi connectivity index (χ0v) is 21.1. The highest BCUT2D eigenvalue weighted by molar-refractivity contribution is 7.10. The number of nitrogens with one attached hydrogen (secondary N) is 1. The normalized spacial score (nSPS) is 11.5. The summed E-state index contributed by atoms with van der Waals surface area (Å²) in [6.45, 7) is 1.51. The topological polar surface area (TPSA) is 95.9 Å². The highest BCUT2D eigenvalue weighted by Crippen LogP contribution is 2.23. The first-order valence-electron chi connectivity index (χ1n) is 11.5. The van der Waals surface area contributed by atoms with Crippen LogP contribution in [0.5, 0.6) is 0 Å². The fraction of sp³-hybridized carbons (Fsp3) is 0.346. The van der Waals surface area contributed by atoms with Crippen LogP contribution >= 0.6 is 22.7 Å². The van der Waals surface area contributed by atoms with Gasteiger partial charge in [-0.1, -0.05) is 48.9 Å². The smallest absolute Gasteiger partial charge is 0.407 e. The fourth-order valence-corrected chi connectivity index (χ4v) is 5.09. The molecule has 1 atom stereocenters. The van der Waals surface area contributed by atoms with Crippen LogP contribution in [0.1, 0.15) is 41.0 Å². The summed E-state index contributed by atoms with van der Waals surface area (Å²) >= 11 is 3.16. The van der Waals surface area contributed by atoms with E-state index in [4.69, 9.17) is 4.74 Å². The van der Waals surface area contributed by atoms with Gasteiger partial charge in [0.25, 0.3) is 0 Å². The first-order valence-corrected chi connectivity index (χ1v) is 13.3. The monoisotopic (exact) mass is 514 g/mol. The van der Waals surface area contributed by atoms with Gasteiger partial charge in [-0.3, -0.25) is 9.59 Å². The number of nitrogens with zero attached hydrogens (tertiary/aromatic N) is 1. The number of amides is 2. The first kappa shape index (κ1) is 26.4. The van der Waals surface area contributed by atoms with Crippen molar-refractivity contribution < 1.29 is 24.2 Å². The van der Waals surface area contributed by atoms with E-state index in [-0.39, 0.29) is 18.9 Å².